The van der Waals surface area contributed by atoms with Crippen molar-refractivity contribution in [3.8, 4) is 0 Å². The van der Waals surface area contributed by atoms with Crippen LogP contribution in [0.3, 0.4) is 0 Å². The molecule has 0 atom stereocenters. The van der Waals surface area contributed by atoms with Gasteiger partial charge in [-0.1, -0.05) is 20.8 Å². The third kappa shape index (κ3) is 3.81. The highest BCUT2D eigenvalue weighted by Crippen LogP contribution is 2.25. The lowest BCUT2D eigenvalue weighted by Crippen LogP contribution is -2.23. The minimum atomic E-state index is -0.530. The molecule has 0 spiro atoms. The minimum absolute atomic E-state index is 0.00703. The van der Waals surface area contributed by atoms with Crippen LogP contribution in [-0.2, 0) is 0 Å². The summed E-state index contributed by atoms with van der Waals surface area (Å²) in [6.45, 7) is 6.77. The second-order valence-electron chi connectivity index (χ2n) is 4.50. The van der Waals surface area contributed by atoms with Crippen LogP contribution in [0.2, 0.25) is 5.28 Å². The monoisotopic (exact) mass is 258 g/mol. The van der Waals surface area contributed by atoms with Crippen LogP contribution in [0.15, 0.2) is 6.20 Å². The predicted molar refractivity (Wildman–Crippen MR) is 66.3 cm³/mol. The molecule has 1 rings (SSSR count). The summed E-state index contributed by atoms with van der Waals surface area (Å²) < 4.78 is 0. The fourth-order valence-electron chi connectivity index (χ4n) is 1.07. The molecule has 6 nitrogen and oxygen atoms in total. The van der Waals surface area contributed by atoms with E-state index in [-0.39, 0.29) is 22.2 Å². The molecule has 0 aliphatic rings. The first-order valence-corrected chi connectivity index (χ1v) is 5.64. The van der Waals surface area contributed by atoms with Gasteiger partial charge in [-0.05, 0) is 23.4 Å². The van der Waals surface area contributed by atoms with E-state index in [0.29, 0.717) is 6.54 Å². The van der Waals surface area contributed by atoms with Gasteiger partial charge in [0.05, 0.1) is 4.92 Å². The molecule has 1 N–H and O–H groups in total. The Hall–Kier alpha value is -1.43. The number of nitro groups is 1. The highest BCUT2D eigenvalue weighted by atomic mass is 35.5. The average molecular weight is 259 g/mol. The molecule has 1 heterocycles. The first-order chi connectivity index (χ1) is 7.85. The zero-order valence-corrected chi connectivity index (χ0v) is 10.8. The van der Waals surface area contributed by atoms with E-state index in [0.717, 1.165) is 12.6 Å². The van der Waals surface area contributed by atoms with Crippen LogP contribution < -0.4 is 5.32 Å². The molecule has 7 heteroatoms. The number of aromatic nitrogens is 2. The van der Waals surface area contributed by atoms with E-state index in [1.807, 2.05) is 0 Å². The summed E-state index contributed by atoms with van der Waals surface area (Å²) in [5.74, 6) is 0.163. The summed E-state index contributed by atoms with van der Waals surface area (Å²) in [6, 6.07) is 0. The molecule has 0 bridgehead atoms. The Bertz CT molecular complexity index is 423. The molecule has 1 aromatic rings. The second kappa shape index (κ2) is 5.27. The van der Waals surface area contributed by atoms with E-state index in [1.54, 1.807) is 0 Å². The molecular weight excluding hydrogens is 244 g/mol. The van der Waals surface area contributed by atoms with Crippen LogP contribution in [-0.4, -0.2) is 21.4 Å². The van der Waals surface area contributed by atoms with E-state index < -0.39 is 4.92 Å². The van der Waals surface area contributed by atoms with Gasteiger partial charge >= 0.3 is 5.69 Å². The van der Waals surface area contributed by atoms with Crippen molar-refractivity contribution >= 4 is 23.1 Å². The number of nitrogens with zero attached hydrogens (tertiary/aromatic N) is 3. The average Bonchev–Trinajstić information content (AvgIpc) is 2.26. The molecule has 17 heavy (non-hydrogen) atoms. The fourth-order valence-corrected chi connectivity index (χ4v) is 1.20. The number of rotatable bonds is 5. The molecule has 0 fully saturated rings. The molecule has 1 aromatic heterocycles. The van der Waals surface area contributed by atoms with Crippen LogP contribution >= 0.6 is 11.6 Å². The van der Waals surface area contributed by atoms with Gasteiger partial charge in [-0.3, -0.25) is 10.1 Å². The Morgan fingerprint density at radius 3 is 2.76 bits per heavy atom. The number of anilines is 1. The third-order valence-electron chi connectivity index (χ3n) is 2.63. The third-order valence-corrected chi connectivity index (χ3v) is 2.81. The van der Waals surface area contributed by atoms with Gasteiger partial charge in [0.2, 0.25) is 11.1 Å². The smallest absolute Gasteiger partial charge is 0.329 e. The maximum absolute atomic E-state index is 10.8. The van der Waals surface area contributed by atoms with E-state index in [2.05, 4.69) is 36.1 Å². The summed E-state index contributed by atoms with van der Waals surface area (Å²) in [5.41, 5.74) is -0.132. The summed E-state index contributed by atoms with van der Waals surface area (Å²) in [4.78, 5) is 17.7. The Morgan fingerprint density at radius 2 is 2.24 bits per heavy atom. The lowest BCUT2D eigenvalue weighted by atomic mass is 9.90. The minimum Gasteiger partial charge on any atom is -0.364 e. The van der Waals surface area contributed by atoms with Crippen LogP contribution in [0.1, 0.15) is 27.2 Å². The standard InChI is InChI=1S/C10H15ClN4O2/c1-4-10(2,3)6-13-8-7(15(16)17)5-12-9(11)14-8/h5H,4,6H2,1-3H3,(H,12,13,14). The summed E-state index contributed by atoms with van der Waals surface area (Å²) >= 11 is 5.62. The molecule has 0 radical (unpaired) electrons. The fraction of sp³-hybridized carbons (Fsp3) is 0.600. The summed E-state index contributed by atoms with van der Waals surface area (Å²) in [6.07, 6.45) is 2.06. The first kappa shape index (κ1) is 13.6. The molecule has 0 aliphatic carbocycles. The van der Waals surface area contributed by atoms with Crippen LogP contribution in [0.5, 0.6) is 0 Å². The van der Waals surface area contributed by atoms with Crippen molar-refractivity contribution < 1.29 is 4.92 Å². The van der Waals surface area contributed by atoms with Gasteiger partial charge in [0, 0.05) is 6.54 Å². The maximum Gasteiger partial charge on any atom is 0.329 e. The normalized spacial score (nSPS) is 11.3. The Balaban J connectivity index is 2.89. The quantitative estimate of drug-likeness (QED) is 0.499. The van der Waals surface area contributed by atoms with Crippen LogP contribution in [0.4, 0.5) is 11.5 Å². The van der Waals surface area contributed by atoms with Crippen molar-refractivity contribution in [2.24, 2.45) is 5.41 Å². The van der Waals surface area contributed by atoms with Crippen molar-refractivity contribution in [1.82, 2.24) is 9.97 Å². The lowest BCUT2D eigenvalue weighted by molar-refractivity contribution is -0.384. The molecule has 0 aromatic carbocycles. The van der Waals surface area contributed by atoms with Gasteiger partial charge in [-0.15, -0.1) is 0 Å². The highest BCUT2D eigenvalue weighted by Gasteiger charge is 2.20. The number of halogens is 1. The van der Waals surface area contributed by atoms with E-state index >= 15 is 0 Å². The molecule has 0 saturated heterocycles. The van der Waals surface area contributed by atoms with Gasteiger partial charge < -0.3 is 5.32 Å². The first-order valence-electron chi connectivity index (χ1n) is 5.26. The predicted octanol–water partition coefficient (Wildman–Crippen LogP) is 2.89. The van der Waals surface area contributed by atoms with E-state index in [4.69, 9.17) is 11.6 Å². The lowest BCUT2D eigenvalue weighted by Gasteiger charge is -2.22. The zero-order chi connectivity index (χ0) is 13.1. The molecule has 0 unspecified atom stereocenters. The summed E-state index contributed by atoms with van der Waals surface area (Å²) in [5, 5.41) is 13.7. The van der Waals surface area contributed by atoms with E-state index in [9.17, 15) is 10.1 Å². The Kier molecular flexibility index (Phi) is 4.22. The zero-order valence-electron chi connectivity index (χ0n) is 10.0. The SMILES string of the molecule is CCC(C)(C)CNc1nc(Cl)ncc1[N+](=O)[O-]. The molecule has 0 saturated carbocycles. The molecule has 0 aliphatic heterocycles. The Morgan fingerprint density at radius 1 is 1.59 bits per heavy atom. The number of hydrogen-bond donors (Lipinski definition) is 1. The number of hydrogen-bond acceptors (Lipinski definition) is 5. The van der Waals surface area contributed by atoms with Gasteiger partial charge in [0.15, 0.2) is 0 Å². The molecular formula is C10H15ClN4O2. The van der Waals surface area contributed by atoms with Gasteiger partial charge in [-0.2, -0.15) is 4.98 Å². The highest BCUT2D eigenvalue weighted by molar-refractivity contribution is 6.28. The van der Waals surface area contributed by atoms with Gasteiger partial charge in [0.1, 0.15) is 6.20 Å². The maximum atomic E-state index is 10.8. The van der Waals surface area contributed by atoms with Crippen molar-refractivity contribution in [1.29, 1.82) is 0 Å². The Labute approximate surface area is 105 Å². The van der Waals surface area contributed by atoms with Crippen LogP contribution in [0.25, 0.3) is 0 Å². The largest absolute Gasteiger partial charge is 0.364 e. The van der Waals surface area contributed by atoms with Crippen molar-refractivity contribution in [3.63, 3.8) is 0 Å². The second-order valence-corrected chi connectivity index (χ2v) is 4.84. The van der Waals surface area contributed by atoms with Crippen LogP contribution in [0, 0.1) is 15.5 Å². The topological polar surface area (TPSA) is 81.0 Å². The summed E-state index contributed by atoms with van der Waals surface area (Å²) in [7, 11) is 0. The van der Waals surface area contributed by atoms with Crippen molar-refractivity contribution in [2.75, 3.05) is 11.9 Å². The number of nitrogens with one attached hydrogen (secondary N) is 1. The molecule has 0 amide bonds. The van der Waals surface area contributed by atoms with Gasteiger partial charge in [0.25, 0.3) is 0 Å². The molecule has 94 valence electrons. The van der Waals surface area contributed by atoms with E-state index in [1.165, 1.54) is 0 Å². The van der Waals surface area contributed by atoms with Crippen molar-refractivity contribution in [3.05, 3.63) is 21.6 Å². The van der Waals surface area contributed by atoms with Crippen molar-refractivity contribution in [2.45, 2.75) is 27.2 Å². The van der Waals surface area contributed by atoms with Gasteiger partial charge in [-0.25, -0.2) is 4.98 Å².